The Hall–Kier alpha value is -3.19. The number of carbonyl (C=O) groups excluding carboxylic acids is 1. The number of amides is 2. The van der Waals surface area contributed by atoms with Gasteiger partial charge in [0.25, 0.3) is 0 Å². The number of halogens is 1. The zero-order valence-corrected chi connectivity index (χ0v) is 20.4. The van der Waals surface area contributed by atoms with Crippen molar-refractivity contribution in [1.29, 1.82) is 0 Å². The molecule has 2 fully saturated rings. The molecule has 35 heavy (non-hydrogen) atoms. The minimum Gasteiger partial charge on any atom is -0.393 e. The SMILES string of the molecule is Cc1cc(C)cc(C2CC(c3cn(-c4cccc(F)c4)cn3)CN(C(=O)N3CCC(O)CC3)C2)c1. The molecule has 2 aliphatic heterocycles. The van der Waals surface area contributed by atoms with Gasteiger partial charge in [0.2, 0.25) is 0 Å². The number of hydrogen-bond acceptors (Lipinski definition) is 3. The maximum Gasteiger partial charge on any atom is 0.320 e. The number of aryl methyl sites for hydroxylation is 2. The van der Waals surface area contributed by atoms with Gasteiger partial charge in [-0.05, 0) is 56.9 Å². The first-order chi connectivity index (χ1) is 16.9. The lowest BCUT2D eigenvalue weighted by Gasteiger charge is -2.41. The number of benzene rings is 2. The van der Waals surface area contributed by atoms with Gasteiger partial charge in [0.15, 0.2) is 0 Å². The molecule has 2 saturated heterocycles. The van der Waals surface area contributed by atoms with Gasteiger partial charge in [0, 0.05) is 49.9 Å². The number of hydrogen-bond donors (Lipinski definition) is 1. The van der Waals surface area contributed by atoms with Gasteiger partial charge in [-0.3, -0.25) is 0 Å². The van der Waals surface area contributed by atoms with E-state index in [1.54, 1.807) is 12.4 Å². The van der Waals surface area contributed by atoms with Crippen LogP contribution in [0.2, 0.25) is 0 Å². The van der Waals surface area contributed by atoms with Crippen LogP contribution in [0.25, 0.3) is 5.69 Å². The van der Waals surface area contributed by atoms with Gasteiger partial charge in [0.1, 0.15) is 5.82 Å². The van der Waals surface area contributed by atoms with Crippen LogP contribution in [0.5, 0.6) is 0 Å². The summed E-state index contributed by atoms with van der Waals surface area (Å²) in [6, 6.07) is 13.1. The van der Waals surface area contributed by atoms with Crippen molar-refractivity contribution in [1.82, 2.24) is 19.4 Å². The summed E-state index contributed by atoms with van der Waals surface area (Å²) in [5.74, 6) is -0.0107. The number of likely N-dealkylation sites (tertiary alicyclic amines) is 2. The van der Waals surface area contributed by atoms with Crippen molar-refractivity contribution in [2.45, 2.75) is 51.0 Å². The summed E-state index contributed by atoms with van der Waals surface area (Å²) in [6.07, 6.45) is 5.52. The second-order valence-corrected chi connectivity index (χ2v) is 10.1. The lowest BCUT2D eigenvalue weighted by atomic mass is 9.82. The van der Waals surface area contributed by atoms with E-state index in [-0.39, 0.29) is 29.8 Å². The molecule has 0 bridgehead atoms. The van der Waals surface area contributed by atoms with E-state index < -0.39 is 0 Å². The van der Waals surface area contributed by atoms with Crippen LogP contribution in [0.15, 0.2) is 55.0 Å². The van der Waals surface area contributed by atoms with Gasteiger partial charge in [-0.1, -0.05) is 35.4 Å². The first-order valence-corrected chi connectivity index (χ1v) is 12.5. The van der Waals surface area contributed by atoms with E-state index in [4.69, 9.17) is 0 Å². The fraction of sp³-hybridized carbons (Fsp3) is 0.429. The molecule has 3 heterocycles. The first kappa shape index (κ1) is 23.5. The molecule has 0 spiro atoms. The third kappa shape index (κ3) is 5.25. The van der Waals surface area contributed by atoms with E-state index >= 15 is 0 Å². The molecule has 5 rings (SSSR count). The summed E-state index contributed by atoms with van der Waals surface area (Å²) in [5.41, 5.74) is 5.34. The van der Waals surface area contributed by atoms with Crippen LogP contribution in [0.1, 0.15) is 53.5 Å². The number of aromatic nitrogens is 2. The topological polar surface area (TPSA) is 61.6 Å². The molecule has 0 saturated carbocycles. The van der Waals surface area contributed by atoms with Crippen molar-refractivity contribution in [2.24, 2.45) is 0 Å². The first-order valence-electron chi connectivity index (χ1n) is 12.5. The van der Waals surface area contributed by atoms with E-state index in [2.05, 4.69) is 37.0 Å². The average molecular weight is 477 g/mol. The Morgan fingerprint density at radius 1 is 1.00 bits per heavy atom. The molecule has 1 N–H and O–H groups in total. The highest BCUT2D eigenvalue weighted by Gasteiger charge is 2.35. The third-order valence-corrected chi connectivity index (χ3v) is 7.30. The van der Waals surface area contributed by atoms with Crippen molar-refractivity contribution in [3.8, 4) is 5.69 Å². The molecule has 184 valence electrons. The number of carbonyl (C=O) groups is 1. The summed E-state index contributed by atoms with van der Waals surface area (Å²) >= 11 is 0. The smallest absolute Gasteiger partial charge is 0.320 e. The summed E-state index contributed by atoms with van der Waals surface area (Å²) in [7, 11) is 0. The van der Waals surface area contributed by atoms with E-state index in [9.17, 15) is 14.3 Å². The predicted molar refractivity (Wildman–Crippen MR) is 133 cm³/mol. The van der Waals surface area contributed by atoms with E-state index in [0.29, 0.717) is 39.0 Å². The average Bonchev–Trinajstić information content (AvgIpc) is 3.34. The zero-order chi connectivity index (χ0) is 24.5. The summed E-state index contributed by atoms with van der Waals surface area (Å²) in [4.78, 5) is 22.0. The highest BCUT2D eigenvalue weighted by molar-refractivity contribution is 5.75. The molecule has 0 radical (unpaired) electrons. The number of aliphatic hydroxyl groups excluding tert-OH is 1. The van der Waals surface area contributed by atoms with Crippen molar-refractivity contribution >= 4 is 6.03 Å². The second kappa shape index (κ2) is 9.82. The van der Waals surface area contributed by atoms with Crippen LogP contribution in [0, 0.1) is 19.7 Å². The Labute approximate surface area is 206 Å². The molecule has 2 atom stereocenters. The van der Waals surface area contributed by atoms with Crippen molar-refractivity contribution in [3.63, 3.8) is 0 Å². The Bertz CT molecular complexity index is 1180. The number of piperidine rings is 2. The van der Waals surface area contributed by atoms with Gasteiger partial charge < -0.3 is 19.5 Å². The Morgan fingerprint density at radius 3 is 2.43 bits per heavy atom. The standard InChI is InChI=1S/C28H33FN4O2/c1-19-10-20(2)12-21(11-19)22-13-23(16-32(15-22)28(35)31-8-6-26(34)7-9-31)27-17-33(18-30-27)25-5-3-4-24(29)14-25/h3-5,10-12,14,17-18,22-23,26,34H,6-9,13,15-16H2,1-2H3. The van der Waals surface area contributed by atoms with E-state index in [0.717, 1.165) is 17.8 Å². The van der Waals surface area contributed by atoms with Gasteiger partial charge in [-0.25, -0.2) is 14.2 Å². The van der Waals surface area contributed by atoms with Crippen LogP contribution in [-0.4, -0.2) is 62.8 Å². The minimum atomic E-state index is -0.317. The van der Waals surface area contributed by atoms with Gasteiger partial charge in [-0.15, -0.1) is 0 Å². The van der Waals surface area contributed by atoms with Crippen LogP contribution < -0.4 is 0 Å². The lowest BCUT2D eigenvalue weighted by molar-refractivity contribution is 0.0755. The maximum atomic E-state index is 13.8. The predicted octanol–water partition coefficient (Wildman–Crippen LogP) is 4.78. The Morgan fingerprint density at radius 2 is 1.71 bits per heavy atom. The monoisotopic (exact) mass is 476 g/mol. The fourth-order valence-corrected chi connectivity index (χ4v) is 5.54. The zero-order valence-electron chi connectivity index (χ0n) is 20.4. The molecule has 6 nitrogen and oxygen atoms in total. The highest BCUT2D eigenvalue weighted by atomic mass is 19.1. The molecular formula is C28H33FN4O2. The van der Waals surface area contributed by atoms with Crippen molar-refractivity contribution < 1.29 is 14.3 Å². The Balaban J connectivity index is 1.43. The van der Waals surface area contributed by atoms with Crippen molar-refractivity contribution in [3.05, 3.63) is 83.2 Å². The van der Waals surface area contributed by atoms with E-state index in [1.165, 1.54) is 28.8 Å². The summed E-state index contributed by atoms with van der Waals surface area (Å²) < 4.78 is 15.6. The number of rotatable bonds is 3. The highest BCUT2D eigenvalue weighted by Crippen LogP contribution is 2.37. The molecule has 0 aliphatic carbocycles. The quantitative estimate of drug-likeness (QED) is 0.592. The maximum absolute atomic E-state index is 13.8. The van der Waals surface area contributed by atoms with Gasteiger partial charge in [-0.2, -0.15) is 0 Å². The molecule has 2 amide bonds. The van der Waals surface area contributed by atoms with E-state index in [1.807, 2.05) is 26.6 Å². The van der Waals surface area contributed by atoms with Crippen LogP contribution >= 0.6 is 0 Å². The normalized spacial score (nSPS) is 21.4. The van der Waals surface area contributed by atoms with Crippen molar-refractivity contribution in [2.75, 3.05) is 26.2 Å². The molecule has 2 aliphatic rings. The number of nitrogens with zero attached hydrogens (tertiary/aromatic N) is 4. The molecular weight excluding hydrogens is 443 g/mol. The third-order valence-electron chi connectivity index (χ3n) is 7.30. The fourth-order valence-electron chi connectivity index (χ4n) is 5.54. The second-order valence-electron chi connectivity index (χ2n) is 10.1. The molecule has 3 aromatic rings. The van der Waals surface area contributed by atoms with Crippen LogP contribution in [0.4, 0.5) is 9.18 Å². The molecule has 7 heteroatoms. The Kier molecular flexibility index (Phi) is 6.60. The number of imidazole rings is 1. The molecule has 2 unspecified atom stereocenters. The molecule has 1 aromatic heterocycles. The summed E-state index contributed by atoms with van der Waals surface area (Å²) in [5, 5.41) is 9.88. The van der Waals surface area contributed by atoms with Gasteiger partial charge >= 0.3 is 6.03 Å². The minimum absolute atomic E-state index is 0.0422. The van der Waals surface area contributed by atoms with Gasteiger partial charge in [0.05, 0.1) is 18.1 Å². The summed E-state index contributed by atoms with van der Waals surface area (Å²) in [6.45, 7) is 6.66. The number of urea groups is 1. The lowest BCUT2D eigenvalue weighted by Crippen LogP contribution is -2.51. The number of aliphatic hydroxyl groups is 1. The largest absolute Gasteiger partial charge is 0.393 e. The van der Waals surface area contributed by atoms with Crippen LogP contribution in [0.3, 0.4) is 0 Å². The van der Waals surface area contributed by atoms with Crippen LogP contribution in [-0.2, 0) is 0 Å². The molecule has 2 aromatic carbocycles.